The van der Waals surface area contributed by atoms with Crippen molar-refractivity contribution in [2.45, 2.75) is 141 Å². The predicted octanol–water partition coefficient (Wildman–Crippen LogP) is 10.4. The summed E-state index contributed by atoms with van der Waals surface area (Å²) in [7, 11) is 1.60. The highest BCUT2D eigenvalue weighted by molar-refractivity contribution is 5.96. The first kappa shape index (κ1) is 93.3. The zero-order valence-corrected chi connectivity index (χ0v) is 33.1. The van der Waals surface area contributed by atoms with Gasteiger partial charge in [0.25, 0.3) is 0 Å². The predicted molar refractivity (Wildman–Crippen MR) is 288 cm³/mol. The van der Waals surface area contributed by atoms with Gasteiger partial charge in [-0.2, -0.15) is 0 Å². The first-order chi connectivity index (χ1) is 26.3. The minimum atomic E-state index is -0.991. The molecule has 0 aromatic heterocycles. The number of carbonyl (C=O) groups excluding carboxylic acids is 3. The van der Waals surface area contributed by atoms with Gasteiger partial charge in [-0.3, -0.25) is 29.0 Å². The van der Waals surface area contributed by atoms with Crippen LogP contribution in [0.5, 0.6) is 0 Å². The minimum Gasteiger partial charge on any atom is -0.481 e. The van der Waals surface area contributed by atoms with E-state index < -0.39 is 23.8 Å². The number of aliphatic hydroxyl groups excluding tert-OH is 4. The number of aliphatic hydroxyl groups is 4. The number of carboxylic acid groups (broad SMARTS) is 1. The zero-order valence-electron chi connectivity index (χ0n) is 33.1. The van der Waals surface area contributed by atoms with E-state index >= 15 is 0 Å². The third kappa shape index (κ3) is 36.9. The molecule has 2 aromatic rings. The molecule has 2 aromatic carbocycles. The van der Waals surface area contributed by atoms with Gasteiger partial charge in [-0.25, -0.2) is 0 Å². The summed E-state index contributed by atoms with van der Waals surface area (Å²) < 4.78 is 15.0. The van der Waals surface area contributed by atoms with E-state index in [9.17, 15) is 24.3 Å². The minimum absolute atomic E-state index is 0. The maximum absolute atomic E-state index is 12.4. The summed E-state index contributed by atoms with van der Waals surface area (Å²) >= 11 is 0. The molecule has 0 aliphatic carbocycles. The molecule has 0 bridgehead atoms. The van der Waals surface area contributed by atoms with Crippen molar-refractivity contribution in [3.63, 3.8) is 0 Å². The van der Waals surface area contributed by atoms with E-state index in [1.807, 2.05) is 72.5 Å². The van der Waals surface area contributed by atoms with E-state index in [4.69, 9.17) is 29.9 Å². The van der Waals surface area contributed by atoms with Gasteiger partial charge in [-0.05, 0) is 35.8 Å². The fourth-order valence-corrected chi connectivity index (χ4v) is 6.08. The first-order valence-electron chi connectivity index (χ1n) is 19.0. The molecule has 14 nitrogen and oxygen atoms in total. The SMILES string of the molecule is C.C.C.C.C.C.C.C.C.C.C.C.CC(CC1C(=O)OC(=O)C1C)c1ccccc1.COCCN(CCO)CCOC(=O)C(C)C(CC(C)c1ccccc1)C(=O)O.OCCN(CCO)CCO. The average Bonchev–Trinajstić information content (AvgIpc) is 3.42. The molecular weight excluding hydrogens is 857 g/mol. The Bertz CT molecular complexity index is 1340. The van der Waals surface area contributed by atoms with Crippen molar-refractivity contribution in [3.8, 4) is 0 Å². The fourth-order valence-electron chi connectivity index (χ4n) is 6.08. The lowest BCUT2D eigenvalue weighted by Crippen LogP contribution is -2.35. The first-order valence-corrected chi connectivity index (χ1v) is 19.0. The molecule has 1 heterocycles. The van der Waals surface area contributed by atoms with Gasteiger partial charge in [0.2, 0.25) is 0 Å². The molecule has 0 amide bonds. The van der Waals surface area contributed by atoms with Crippen molar-refractivity contribution in [2.75, 3.05) is 86.0 Å². The van der Waals surface area contributed by atoms with Crippen molar-refractivity contribution in [1.29, 1.82) is 0 Å². The molecule has 406 valence electrons. The Morgan fingerprint density at radius 2 is 0.970 bits per heavy atom. The molecule has 0 radical (unpaired) electrons. The molecule has 1 aliphatic rings. The van der Waals surface area contributed by atoms with Crippen LogP contribution in [0.1, 0.15) is 153 Å². The number of carboxylic acids is 1. The molecule has 1 saturated heterocycles. The second kappa shape index (κ2) is 54.8. The lowest BCUT2D eigenvalue weighted by molar-refractivity contribution is -0.157. The summed E-state index contributed by atoms with van der Waals surface area (Å²) in [6.45, 7) is 11.4. The molecule has 14 heteroatoms. The summed E-state index contributed by atoms with van der Waals surface area (Å²) in [5, 5.41) is 44.2. The molecule has 6 unspecified atom stereocenters. The zero-order chi connectivity index (χ0) is 41.2. The maximum Gasteiger partial charge on any atom is 0.317 e. The van der Waals surface area contributed by atoms with Crippen LogP contribution in [0.25, 0.3) is 0 Å². The van der Waals surface area contributed by atoms with Crippen LogP contribution in [0, 0.1) is 23.7 Å². The van der Waals surface area contributed by atoms with Crippen molar-refractivity contribution >= 4 is 23.9 Å². The van der Waals surface area contributed by atoms with Crippen LogP contribution in [0.2, 0.25) is 0 Å². The third-order valence-corrected chi connectivity index (χ3v) is 9.65. The number of esters is 3. The number of ether oxygens (including phenoxy) is 3. The van der Waals surface area contributed by atoms with E-state index in [-0.39, 0.29) is 158 Å². The summed E-state index contributed by atoms with van der Waals surface area (Å²) in [6, 6.07) is 19.7. The summed E-state index contributed by atoms with van der Waals surface area (Å²) in [6.07, 6.45) is 1.02. The number of nitrogens with zero attached hydrogens (tertiary/aromatic N) is 2. The highest BCUT2D eigenvalue weighted by atomic mass is 16.6. The highest BCUT2D eigenvalue weighted by Gasteiger charge is 2.41. The van der Waals surface area contributed by atoms with Crippen LogP contribution in [0.4, 0.5) is 0 Å². The topological polar surface area (TPSA) is 204 Å². The summed E-state index contributed by atoms with van der Waals surface area (Å²) in [5.41, 5.74) is 2.24. The summed E-state index contributed by atoms with van der Waals surface area (Å²) in [5.74, 6) is -4.15. The number of hydrogen-bond donors (Lipinski definition) is 5. The Morgan fingerprint density at radius 1 is 0.597 bits per heavy atom. The highest BCUT2D eigenvalue weighted by Crippen LogP contribution is 2.33. The molecule has 6 atom stereocenters. The Labute approximate surface area is 414 Å². The monoisotopic (exact) mass is 969 g/mol. The van der Waals surface area contributed by atoms with Gasteiger partial charge in [0.05, 0.1) is 56.7 Å². The average molecular weight is 969 g/mol. The van der Waals surface area contributed by atoms with E-state index in [0.29, 0.717) is 58.7 Å². The molecule has 1 fully saturated rings. The standard InChI is InChI=1S/C21H33NO6.C14H16O3.C6H15NO3.12CH4/c1-16(18-7-5-4-6-8-18)15-19(20(24)25)17(2)21(26)28-14-11-22(9-12-23)10-13-27-3;1-9(11-6-4-3-5-7-11)8-12-10(2)13(15)17-14(12)16;8-4-1-7(2-5-9)3-6-10;;;;;;;;;;;;/h4-8,16-17,19,23H,9-15H2,1-3H3,(H,24,25);3-7,9-10,12H,8H2,1-2H3;8-10H,1-6H2;12*1H4. The third-order valence-electron chi connectivity index (χ3n) is 9.65. The van der Waals surface area contributed by atoms with Crippen LogP contribution in [0.3, 0.4) is 0 Å². The Hall–Kier alpha value is -3.76. The lowest BCUT2D eigenvalue weighted by Gasteiger charge is -2.24. The molecule has 0 saturated carbocycles. The number of rotatable bonds is 23. The number of benzene rings is 2. The maximum atomic E-state index is 12.4. The number of hydrogen-bond acceptors (Lipinski definition) is 13. The second-order valence-corrected chi connectivity index (χ2v) is 13.7. The van der Waals surface area contributed by atoms with Crippen LogP contribution in [0.15, 0.2) is 60.7 Å². The second-order valence-electron chi connectivity index (χ2n) is 13.7. The number of methoxy groups -OCH3 is 1. The lowest BCUT2D eigenvalue weighted by atomic mass is 9.83. The molecule has 1 aliphatic heterocycles. The van der Waals surface area contributed by atoms with Gasteiger partial charge in [0.15, 0.2) is 0 Å². The van der Waals surface area contributed by atoms with Crippen molar-refractivity contribution < 1.29 is 58.9 Å². The Kier molecular flexibility index (Phi) is 76.4. The van der Waals surface area contributed by atoms with Crippen molar-refractivity contribution in [1.82, 2.24) is 9.80 Å². The quantitative estimate of drug-likeness (QED) is 0.0520. The van der Waals surface area contributed by atoms with Crippen LogP contribution in [-0.4, -0.2) is 145 Å². The van der Waals surface area contributed by atoms with Crippen LogP contribution in [-0.2, 0) is 33.4 Å². The molecular formula is C53H112N2O12. The van der Waals surface area contributed by atoms with E-state index in [0.717, 1.165) is 5.56 Å². The smallest absolute Gasteiger partial charge is 0.317 e. The van der Waals surface area contributed by atoms with Gasteiger partial charge >= 0.3 is 23.9 Å². The van der Waals surface area contributed by atoms with Gasteiger partial charge in [0, 0.05) is 46.4 Å². The summed E-state index contributed by atoms with van der Waals surface area (Å²) in [4.78, 5) is 50.6. The van der Waals surface area contributed by atoms with Gasteiger partial charge in [0.1, 0.15) is 6.61 Å². The molecule has 67 heavy (non-hydrogen) atoms. The number of aliphatic carboxylic acids is 1. The molecule has 0 spiro atoms. The van der Waals surface area contributed by atoms with Crippen LogP contribution < -0.4 is 0 Å². The van der Waals surface area contributed by atoms with E-state index in [1.54, 1.807) is 25.9 Å². The largest absolute Gasteiger partial charge is 0.481 e. The van der Waals surface area contributed by atoms with Crippen LogP contribution >= 0.6 is 0 Å². The van der Waals surface area contributed by atoms with Gasteiger partial charge < -0.3 is 39.7 Å². The number of cyclic esters (lactones) is 2. The van der Waals surface area contributed by atoms with Gasteiger partial charge in [-0.1, -0.05) is 177 Å². The van der Waals surface area contributed by atoms with Crippen molar-refractivity contribution in [3.05, 3.63) is 71.8 Å². The molecule has 3 rings (SSSR count). The Morgan fingerprint density at radius 3 is 1.31 bits per heavy atom. The van der Waals surface area contributed by atoms with E-state index in [2.05, 4.69) is 11.7 Å². The fraction of sp³-hybridized carbons (Fsp3) is 0.698. The van der Waals surface area contributed by atoms with Crippen molar-refractivity contribution in [2.24, 2.45) is 23.7 Å². The van der Waals surface area contributed by atoms with E-state index in [1.165, 1.54) is 5.56 Å². The number of carbonyl (C=O) groups is 4. The normalized spacial score (nSPS) is 14.2. The Balaban J connectivity index is -0.0000000680. The van der Waals surface area contributed by atoms with Gasteiger partial charge in [-0.15, -0.1) is 0 Å². The molecule has 5 N–H and O–H groups in total.